The van der Waals surface area contributed by atoms with Crippen molar-refractivity contribution in [3.8, 4) is 0 Å². The van der Waals surface area contributed by atoms with Crippen LogP contribution in [0.15, 0.2) is 12.3 Å². The zero-order valence-electron chi connectivity index (χ0n) is 13.4. The summed E-state index contributed by atoms with van der Waals surface area (Å²) in [6, 6.07) is 0. The topological polar surface area (TPSA) is 55.3 Å². The molecule has 0 aliphatic carbocycles. The molecule has 5 heteroatoms. The third-order valence-corrected chi connectivity index (χ3v) is 3.17. The number of hydrogen-bond acceptors (Lipinski definition) is 4. The molecule has 1 aliphatic heterocycles. The van der Waals surface area contributed by atoms with Crippen LogP contribution in [0.4, 0.5) is 4.79 Å². The number of hydrogen-bond donors (Lipinski definition) is 0. The second-order valence-electron chi connectivity index (χ2n) is 6.37. The smallest absolute Gasteiger partial charge is 0.410 e. The quantitative estimate of drug-likeness (QED) is 0.797. The van der Waals surface area contributed by atoms with Gasteiger partial charge in [0.2, 0.25) is 0 Å². The summed E-state index contributed by atoms with van der Waals surface area (Å²) in [6.45, 7) is 10.7. The molecule has 0 fully saturated rings. The molecule has 1 aromatic heterocycles. The highest BCUT2D eigenvalue weighted by Gasteiger charge is 2.25. The summed E-state index contributed by atoms with van der Waals surface area (Å²) in [6.07, 6.45) is 4.43. The van der Waals surface area contributed by atoms with Gasteiger partial charge in [-0.1, -0.05) is 6.08 Å². The van der Waals surface area contributed by atoms with E-state index in [4.69, 9.17) is 4.74 Å². The Hall–Kier alpha value is -1.91. The van der Waals surface area contributed by atoms with Gasteiger partial charge in [-0.15, -0.1) is 0 Å². The number of carbonyl (C=O) groups excluding carboxylic acids is 1. The maximum atomic E-state index is 12.2. The van der Waals surface area contributed by atoms with Gasteiger partial charge in [-0.05, 0) is 46.6 Å². The summed E-state index contributed by atoms with van der Waals surface area (Å²) in [5.41, 5.74) is 3.23. The van der Waals surface area contributed by atoms with Gasteiger partial charge in [0.15, 0.2) is 0 Å². The molecular formula is C16H23N3O2. The summed E-state index contributed by atoms with van der Waals surface area (Å²) in [5.74, 6) is 0. The van der Waals surface area contributed by atoms with Crippen molar-refractivity contribution in [2.24, 2.45) is 0 Å². The Balaban J connectivity index is 2.14. The van der Waals surface area contributed by atoms with Crippen LogP contribution in [0, 0.1) is 13.8 Å². The third-order valence-electron chi connectivity index (χ3n) is 3.17. The highest BCUT2D eigenvalue weighted by molar-refractivity contribution is 5.74. The normalized spacial score (nSPS) is 15.7. The molecule has 0 bridgehead atoms. The van der Waals surface area contributed by atoms with Crippen molar-refractivity contribution in [2.75, 3.05) is 13.1 Å². The Morgan fingerprint density at radius 3 is 2.67 bits per heavy atom. The van der Waals surface area contributed by atoms with Crippen molar-refractivity contribution in [3.63, 3.8) is 0 Å². The molecule has 1 amide bonds. The van der Waals surface area contributed by atoms with Crippen LogP contribution >= 0.6 is 0 Å². The Bertz CT molecular complexity index is 573. The highest BCUT2D eigenvalue weighted by Crippen LogP contribution is 2.22. The first kappa shape index (κ1) is 15.5. The lowest BCUT2D eigenvalue weighted by atomic mass is 10.0. The zero-order chi connectivity index (χ0) is 15.6. The van der Waals surface area contributed by atoms with Crippen molar-refractivity contribution in [1.29, 1.82) is 0 Å². The van der Waals surface area contributed by atoms with Crippen molar-refractivity contribution in [1.82, 2.24) is 14.9 Å². The Morgan fingerprint density at radius 2 is 2.05 bits per heavy atom. The van der Waals surface area contributed by atoms with Crippen LogP contribution in [0.25, 0.3) is 5.57 Å². The van der Waals surface area contributed by atoms with E-state index in [1.54, 1.807) is 11.1 Å². The van der Waals surface area contributed by atoms with Gasteiger partial charge in [-0.25, -0.2) is 4.79 Å². The van der Waals surface area contributed by atoms with E-state index in [1.807, 2.05) is 34.6 Å². The first-order valence-corrected chi connectivity index (χ1v) is 7.24. The SMILES string of the molecule is Cc1cnc(C2=CCCN(C(=O)OC(C)(C)C)C2)c(C)n1. The Kier molecular flexibility index (Phi) is 4.30. The van der Waals surface area contributed by atoms with Gasteiger partial charge in [0.1, 0.15) is 5.60 Å². The zero-order valence-corrected chi connectivity index (χ0v) is 13.4. The van der Waals surface area contributed by atoms with Gasteiger partial charge in [-0.3, -0.25) is 9.97 Å². The second-order valence-corrected chi connectivity index (χ2v) is 6.37. The van der Waals surface area contributed by atoms with Crippen molar-refractivity contribution in [3.05, 3.63) is 29.4 Å². The fraction of sp³-hybridized carbons (Fsp3) is 0.562. The molecule has 2 heterocycles. The minimum Gasteiger partial charge on any atom is -0.444 e. The predicted molar refractivity (Wildman–Crippen MR) is 81.9 cm³/mol. The molecule has 2 rings (SSSR count). The van der Waals surface area contributed by atoms with E-state index in [-0.39, 0.29) is 6.09 Å². The maximum absolute atomic E-state index is 12.2. The third kappa shape index (κ3) is 4.03. The minimum atomic E-state index is -0.474. The molecule has 1 aliphatic rings. The summed E-state index contributed by atoms with van der Waals surface area (Å²) < 4.78 is 5.43. The number of aromatic nitrogens is 2. The molecule has 5 nitrogen and oxygen atoms in total. The average Bonchev–Trinajstić information content (AvgIpc) is 2.37. The number of ether oxygens (including phenoxy) is 1. The Labute approximate surface area is 126 Å². The second kappa shape index (κ2) is 5.84. The molecule has 0 saturated carbocycles. The number of rotatable bonds is 1. The van der Waals surface area contributed by atoms with Crippen LogP contribution in [0.2, 0.25) is 0 Å². The van der Waals surface area contributed by atoms with Crippen LogP contribution < -0.4 is 0 Å². The molecule has 0 atom stereocenters. The van der Waals surface area contributed by atoms with Gasteiger partial charge in [0.05, 0.1) is 23.6 Å². The fourth-order valence-corrected chi connectivity index (χ4v) is 2.31. The van der Waals surface area contributed by atoms with Gasteiger partial charge in [-0.2, -0.15) is 0 Å². The van der Waals surface area contributed by atoms with Crippen LogP contribution in [-0.4, -0.2) is 39.7 Å². The van der Waals surface area contributed by atoms with E-state index in [0.29, 0.717) is 13.1 Å². The minimum absolute atomic E-state index is 0.272. The van der Waals surface area contributed by atoms with Gasteiger partial charge in [0, 0.05) is 12.7 Å². The van der Waals surface area contributed by atoms with Gasteiger partial charge in [0.25, 0.3) is 0 Å². The first-order chi connectivity index (χ1) is 9.76. The van der Waals surface area contributed by atoms with Crippen LogP contribution in [0.5, 0.6) is 0 Å². The molecule has 0 radical (unpaired) electrons. The van der Waals surface area contributed by atoms with E-state index in [2.05, 4.69) is 16.0 Å². The molecule has 0 saturated heterocycles. The summed E-state index contributed by atoms with van der Waals surface area (Å²) >= 11 is 0. The molecule has 0 aromatic carbocycles. The number of aryl methyl sites for hydroxylation is 2. The number of nitrogens with zero attached hydrogens (tertiary/aromatic N) is 3. The van der Waals surface area contributed by atoms with Crippen molar-refractivity contribution >= 4 is 11.7 Å². The molecule has 0 N–H and O–H groups in total. The molecule has 114 valence electrons. The molecule has 1 aromatic rings. The molecule has 0 unspecified atom stereocenters. The maximum Gasteiger partial charge on any atom is 0.410 e. The molecule has 0 spiro atoms. The van der Waals surface area contributed by atoms with Crippen molar-refractivity contribution in [2.45, 2.75) is 46.6 Å². The standard InChI is InChI=1S/C16H23N3O2/c1-11-9-17-14(12(2)18-11)13-7-6-8-19(10-13)15(20)21-16(3,4)5/h7,9H,6,8,10H2,1-5H3. The molecular weight excluding hydrogens is 266 g/mol. The summed E-state index contributed by atoms with van der Waals surface area (Å²) in [4.78, 5) is 22.8. The monoisotopic (exact) mass is 289 g/mol. The van der Waals surface area contributed by atoms with Crippen LogP contribution in [-0.2, 0) is 4.74 Å². The van der Waals surface area contributed by atoms with E-state index in [1.165, 1.54) is 0 Å². The fourth-order valence-electron chi connectivity index (χ4n) is 2.31. The van der Waals surface area contributed by atoms with Gasteiger partial charge >= 0.3 is 6.09 Å². The van der Waals surface area contributed by atoms with Crippen molar-refractivity contribution < 1.29 is 9.53 Å². The number of carbonyl (C=O) groups is 1. The lowest BCUT2D eigenvalue weighted by molar-refractivity contribution is 0.0273. The summed E-state index contributed by atoms with van der Waals surface area (Å²) in [5, 5.41) is 0. The summed E-state index contributed by atoms with van der Waals surface area (Å²) in [7, 11) is 0. The van der Waals surface area contributed by atoms with Crippen LogP contribution in [0.1, 0.15) is 44.3 Å². The predicted octanol–water partition coefficient (Wildman–Crippen LogP) is 3.12. The van der Waals surface area contributed by atoms with Crippen LogP contribution in [0.3, 0.4) is 0 Å². The van der Waals surface area contributed by atoms with E-state index in [9.17, 15) is 4.79 Å². The van der Waals surface area contributed by atoms with E-state index < -0.39 is 5.60 Å². The lowest BCUT2D eigenvalue weighted by Crippen LogP contribution is -2.39. The largest absolute Gasteiger partial charge is 0.444 e. The average molecular weight is 289 g/mol. The van der Waals surface area contributed by atoms with E-state index in [0.717, 1.165) is 29.1 Å². The lowest BCUT2D eigenvalue weighted by Gasteiger charge is -2.30. The Morgan fingerprint density at radius 1 is 1.33 bits per heavy atom. The van der Waals surface area contributed by atoms with Gasteiger partial charge < -0.3 is 9.64 Å². The number of amides is 1. The molecule has 21 heavy (non-hydrogen) atoms. The highest BCUT2D eigenvalue weighted by atomic mass is 16.6. The van der Waals surface area contributed by atoms with E-state index >= 15 is 0 Å². The first-order valence-electron chi connectivity index (χ1n) is 7.24.